The molecule has 0 saturated carbocycles. The molecular formula is C12H17NO2. The molecule has 0 bridgehead atoms. The zero-order chi connectivity index (χ0) is 11.3. The Kier molecular flexibility index (Phi) is 4.31. The predicted molar refractivity (Wildman–Crippen MR) is 59.3 cm³/mol. The summed E-state index contributed by atoms with van der Waals surface area (Å²) in [7, 11) is 0. The molecular weight excluding hydrogens is 190 g/mol. The van der Waals surface area contributed by atoms with Crippen LogP contribution in [0.5, 0.6) is 0 Å². The van der Waals surface area contributed by atoms with E-state index in [1.165, 1.54) is 6.92 Å². The first-order chi connectivity index (χ1) is 7.09. The maximum Gasteiger partial charge on any atom is 0.217 e. The van der Waals surface area contributed by atoms with Gasteiger partial charge in [-0.25, -0.2) is 0 Å². The van der Waals surface area contributed by atoms with Gasteiger partial charge in [-0.3, -0.25) is 4.79 Å². The largest absolute Gasteiger partial charge is 0.388 e. The van der Waals surface area contributed by atoms with E-state index in [0.717, 1.165) is 5.56 Å². The molecule has 3 nitrogen and oxygen atoms in total. The second-order valence-electron chi connectivity index (χ2n) is 3.76. The lowest BCUT2D eigenvalue weighted by Gasteiger charge is -2.17. The van der Waals surface area contributed by atoms with E-state index in [-0.39, 0.29) is 11.9 Å². The van der Waals surface area contributed by atoms with Crippen molar-refractivity contribution in [1.82, 2.24) is 5.32 Å². The average molecular weight is 207 g/mol. The molecule has 0 spiro atoms. The Morgan fingerprint density at radius 2 is 2.00 bits per heavy atom. The van der Waals surface area contributed by atoms with Gasteiger partial charge in [-0.2, -0.15) is 0 Å². The quantitative estimate of drug-likeness (QED) is 0.788. The van der Waals surface area contributed by atoms with Crippen LogP contribution in [-0.2, 0) is 4.79 Å². The van der Waals surface area contributed by atoms with E-state index in [1.54, 1.807) is 0 Å². The molecule has 1 amide bonds. The zero-order valence-electron chi connectivity index (χ0n) is 9.10. The first kappa shape index (κ1) is 11.7. The third-order valence-corrected chi connectivity index (χ3v) is 2.21. The molecule has 0 aliphatic heterocycles. The standard InChI is InChI=1S/C12H17NO2/c1-9(13-10(2)14)8-12(15)11-6-4-3-5-7-11/h3-7,9,12,15H,8H2,1-2H3,(H,13,14)/t9-,12+/m0/s1. The highest BCUT2D eigenvalue weighted by atomic mass is 16.3. The minimum atomic E-state index is -0.520. The summed E-state index contributed by atoms with van der Waals surface area (Å²) in [6, 6.07) is 9.44. The van der Waals surface area contributed by atoms with E-state index >= 15 is 0 Å². The number of hydrogen-bond acceptors (Lipinski definition) is 2. The van der Waals surface area contributed by atoms with Crippen molar-refractivity contribution in [3.05, 3.63) is 35.9 Å². The zero-order valence-corrected chi connectivity index (χ0v) is 9.10. The summed E-state index contributed by atoms with van der Waals surface area (Å²) in [5.74, 6) is -0.0669. The van der Waals surface area contributed by atoms with Crippen molar-refractivity contribution in [2.24, 2.45) is 0 Å². The van der Waals surface area contributed by atoms with Crippen LogP contribution in [0.2, 0.25) is 0 Å². The Bertz CT molecular complexity index is 311. The minimum absolute atomic E-state index is 0.0160. The van der Waals surface area contributed by atoms with Gasteiger partial charge in [-0.1, -0.05) is 30.3 Å². The monoisotopic (exact) mass is 207 g/mol. The van der Waals surface area contributed by atoms with E-state index in [0.29, 0.717) is 6.42 Å². The molecule has 0 saturated heterocycles. The Balaban J connectivity index is 2.49. The van der Waals surface area contributed by atoms with Crippen LogP contribution < -0.4 is 5.32 Å². The summed E-state index contributed by atoms with van der Waals surface area (Å²) in [6.07, 6.45) is 0.0110. The number of carbonyl (C=O) groups is 1. The Morgan fingerprint density at radius 3 is 2.53 bits per heavy atom. The van der Waals surface area contributed by atoms with Crippen molar-refractivity contribution >= 4 is 5.91 Å². The van der Waals surface area contributed by atoms with Gasteiger partial charge < -0.3 is 10.4 Å². The summed E-state index contributed by atoms with van der Waals surface area (Å²) in [4.78, 5) is 10.8. The van der Waals surface area contributed by atoms with Crippen LogP contribution in [0.25, 0.3) is 0 Å². The maximum absolute atomic E-state index is 10.8. The molecule has 1 aromatic rings. The fraction of sp³-hybridized carbons (Fsp3) is 0.417. The van der Waals surface area contributed by atoms with Gasteiger partial charge in [0.15, 0.2) is 0 Å². The predicted octanol–water partition coefficient (Wildman–Crippen LogP) is 1.63. The topological polar surface area (TPSA) is 49.3 Å². The lowest BCUT2D eigenvalue weighted by molar-refractivity contribution is -0.119. The number of nitrogens with one attached hydrogen (secondary N) is 1. The van der Waals surface area contributed by atoms with Crippen molar-refractivity contribution in [2.75, 3.05) is 0 Å². The highest BCUT2D eigenvalue weighted by molar-refractivity contribution is 5.73. The van der Waals surface area contributed by atoms with E-state index in [2.05, 4.69) is 5.32 Å². The maximum atomic E-state index is 10.8. The lowest BCUT2D eigenvalue weighted by Crippen LogP contribution is -2.31. The summed E-state index contributed by atoms with van der Waals surface area (Å²) < 4.78 is 0. The molecule has 0 aliphatic carbocycles. The molecule has 0 fully saturated rings. The van der Waals surface area contributed by atoms with Crippen LogP contribution in [0.1, 0.15) is 31.9 Å². The number of hydrogen-bond donors (Lipinski definition) is 2. The number of rotatable bonds is 4. The van der Waals surface area contributed by atoms with Gasteiger partial charge in [0, 0.05) is 13.0 Å². The van der Waals surface area contributed by atoms with Crippen LogP contribution in [0.3, 0.4) is 0 Å². The number of carbonyl (C=O) groups excluding carboxylic acids is 1. The van der Waals surface area contributed by atoms with E-state index < -0.39 is 6.10 Å². The smallest absolute Gasteiger partial charge is 0.217 e. The van der Waals surface area contributed by atoms with Crippen LogP contribution in [0.4, 0.5) is 0 Å². The van der Waals surface area contributed by atoms with Crippen LogP contribution in [0, 0.1) is 0 Å². The van der Waals surface area contributed by atoms with Crippen LogP contribution in [0.15, 0.2) is 30.3 Å². The number of aliphatic hydroxyl groups is 1. The molecule has 1 aromatic carbocycles. The molecule has 0 heterocycles. The average Bonchev–Trinajstić information content (AvgIpc) is 2.17. The third kappa shape index (κ3) is 4.13. The third-order valence-electron chi connectivity index (χ3n) is 2.21. The van der Waals surface area contributed by atoms with E-state index in [9.17, 15) is 9.90 Å². The second-order valence-corrected chi connectivity index (χ2v) is 3.76. The van der Waals surface area contributed by atoms with E-state index in [4.69, 9.17) is 0 Å². The molecule has 1 rings (SSSR count). The van der Waals surface area contributed by atoms with Gasteiger partial charge in [0.05, 0.1) is 6.10 Å². The molecule has 82 valence electrons. The first-order valence-electron chi connectivity index (χ1n) is 5.09. The Labute approximate surface area is 90.1 Å². The molecule has 2 N–H and O–H groups in total. The molecule has 0 unspecified atom stereocenters. The SMILES string of the molecule is CC(=O)N[C@@H](C)C[C@@H](O)c1ccccc1. The van der Waals surface area contributed by atoms with Crippen molar-refractivity contribution in [3.8, 4) is 0 Å². The van der Waals surface area contributed by atoms with Gasteiger partial charge in [0.2, 0.25) is 5.91 Å². The number of aliphatic hydroxyl groups excluding tert-OH is 1. The van der Waals surface area contributed by atoms with Crippen molar-refractivity contribution in [2.45, 2.75) is 32.4 Å². The van der Waals surface area contributed by atoms with Gasteiger partial charge in [0.25, 0.3) is 0 Å². The van der Waals surface area contributed by atoms with Crippen LogP contribution in [-0.4, -0.2) is 17.1 Å². The van der Waals surface area contributed by atoms with Crippen molar-refractivity contribution in [3.63, 3.8) is 0 Å². The summed E-state index contributed by atoms with van der Waals surface area (Å²) in [5.41, 5.74) is 0.884. The molecule has 0 aromatic heterocycles. The molecule has 0 aliphatic rings. The number of benzene rings is 1. The molecule has 15 heavy (non-hydrogen) atoms. The highest BCUT2D eigenvalue weighted by Crippen LogP contribution is 2.17. The fourth-order valence-corrected chi connectivity index (χ4v) is 1.55. The second kappa shape index (κ2) is 5.51. The van der Waals surface area contributed by atoms with Gasteiger partial charge in [0.1, 0.15) is 0 Å². The summed E-state index contributed by atoms with van der Waals surface area (Å²) in [6.45, 7) is 3.36. The van der Waals surface area contributed by atoms with Crippen molar-refractivity contribution < 1.29 is 9.90 Å². The highest BCUT2D eigenvalue weighted by Gasteiger charge is 2.12. The Hall–Kier alpha value is -1.35. The normalized spacial score (nSPS) is 14.3. The fourth-order valence-electron chi connectivity index (χ4n) is 1.55. The molecule has 2 atom stereocenters. The first-order valence-corrected chi connectivity index (χ1v) is 5.09. The van der Waals surface area contributed by atoms with E-state index in [1.807, 2.05) is 37.3 Å². The minimum Gasteiger partial charge on any atom is -0.388 e. The Morgan fingerprint density at radius 1 is 1.40 bits per heavy atom. The van der Waals surface area contributed by atoms with Crippen molar-refractivity contribution in [1.29, 1.82) is 0 Å². The summed E-state index contributed by atoms with van der Waals surface area (Å²) >= 11 is 0. The number of amides is 1. The van der Waals surface area contributed by atoms with Gasteiger partial charge in [-0.05, 0) is 18.9 Å². The summed E-state index contributed by atoms with van der Waals surface area (Å²) in [5, 5.41) is 12.6. The molecule has 3 heteroatoms. The lowest BCUT2D eigenvalue weighted by atomic mass is 10.0. The van der Waals surface area contributed by atoms with Gasteiger partial charge in [-0.15, -0.1) is 0 Å². The molecule has 0 radical (unpaired) electrons. The van der Waals surface area contributed by atoms with Gasteiger partial charge >= 0.3 is 0 Å². The van der Waals surface area contributed by atoms with Crippen LogP contribution >= 0.6 is 0 Å².